The molecule has 0 aliphatic carbocycles. The molecular weight excluding hydrogens is 166 g/mol. The van der Waals surface area contributed by atoms with E-state index in [4.69, 9.17) is 5.84 Å². The molecule has 4 nitrogen and oxygen atoms in total. The van der Waals surface area contributed by atoms with Gasteiger partial charge < -0.3 is 4.90 Å². The second-order valence-corrected chi connectivity index (χ2v) is 4.00. The molecule has 0 aliphatic heterocycles. The highest BCUT2D eigenvalue weighted by Gasteiger charge is 2.25. The fraction of sp³-hybridized carbons (Fsp3) is 0.889. The molecule has 0 rings (SSSR count). The summed E-state index contributed by atoms with van der Waals surface area (Å²) in [5, 5.41) is 1.28. The third-order valence-electron chi connectivity index (χ3n) is 1.96. The average molecular weight is 187 g/mol. The lowest BCUT2D eigenvalue weighted by atomic mass is 10.1. The molecule has 0 aliphatic rings. The van der Waals surface area contributed by atoms with Gasteiger partial charge in [-0.2, -0.15) is 0 Å². The highest BCUT2D eigenvalue weighted by molar-refractivity contribution is 5.74. The number of carbonyl (C=O) groups excluding carboxylic acids is 1. The normalized spacial score (nSPS) is 11.2. The predicted molar refractivity (Wildman–Crippen MR) is 54.1 cm³/mol. The molecule has 78 valence electrons. The first-order valence-electron chi connectivity index (χ1n) is 4.68. The first-order valence-corrected chi connectivity index (χ1v) is 4.68. The largest absolute Gasteiger partial charge is 0.334 e. The van der Waals surface area contributed by atoms with Crippen LogP contribution in [0.4, 0.5) is 4.79 Å². The molecule has 0 saturated heterocycles. The van der Waals surface area contributed by atoms with Gasteiger partial charge in [-0.15, -0.1) is 0 Å². The molecule has 0 spiro atoms. The molecule has 0 saturated carbocycles. The number of amides is 2. The van der Waals surface area contributed by atoms with Crippen molar-refractivity contribution in [3.63, 3.8) is 0 Å². The molecule has 0 aromatic heterocycles. The lowest BCUT2D eigenvalue weighted by molar-refractivity contribution is 0.113. The third-order valence-corrected chi connectivity index (χ3v) is 1.96. The van der Waals surface area contributed by atoms with Gasteiger partial charge >= 0.3 is 6.03 Å². The Balaban J connectivity index is 4.41. The van der Waals surface area contributed by atoms with Crippen molar-refractivity contribution in [3.05, 3.63) is 0 Å². The van der Waals surface area contributed by atoms with Gasteiger partial charge in [0.1, 0.15) is 0 Å². The zero-order valence-corrected chi connectivity index (χ0v) is 9.29. The van der Waals surface area contributed by atoms with Crippen LogP contribution >= 0.6 is 0 Å². The van der Waals surface area contributed by atoms with Gasteiger partial charge in [0.25, 0.3) is 0 Å². The standard InChI is InChI=1S/C9H21N3O/c1-6-11(7-2)8(13)12(10)9(3,4)5/h6-7,10H2,1-5H3. The summed E-state index contributed by atoms with van der Waals surface area (Å²) in [5.74, 6) is 5.69. The van der Waals surface area contributed by atoms with Crippen LogP contribution in [0.3, 0.4) is 0 Å². The van der Waals surface area contributed by atoms with Crippen molar-refractivity contribution in [3.8, 4) is 0 Å². The minimum absolute atomic E-state index is 0.113. The highest BCUT2D eigenvalue weighted by atomic mass is 16.2. The van der Waals surface area contributed by atoms with Gasteiger partial charge in [0.05, 0.1) is 5.54 Å². The van der Waals surface area contributed by atoms with Crippen molar-refractivity contribution in [1.29, 1.82) is 0 Å². The smallest absolute Gasteiger partial charge is 0.324 e. The summed E-state index contributed by atoms with van der Waals surface area (Å²) >= 11 is 0. The predicted octanol–water partition coefficient (Wildman–Crippen LogP) is 1.42. The van der Waals surface area contributed by atoms with Crippen LogP contribution in [0.1, 0.15) is 34.6 Å². The van der Waals surface area contributed by atoms with Gasteiger partial charge in [-0.25, -0.2) is 10.6 Å². The SMILES string of the molecule is CCN(CC)C(=O)N(N)C(C)(C)C. The Bertz CT molecular complexity index is 170. The number of hydrogen-bond acceptors (Lipinski definition) is 2. The maximum atomic E-state index is 11.7. The Morgan fingerprint density at radius 3 is 1.85 bits per heavy atom. The van der Waals surface area contributed by atoms with Gasteiger partial charge in [0.15, 0.2) is 0 Å². The number of urea groups is 1. The van der Waals surface area contributed by atoms with E-state index in [2.05, 4.69) is 0 Å². The number of hydrazine groups is 1. The van der Waals surface area contributed by atoms with E-state index in [-0.39, 0.29) is 11.6 Å². The first kappa shape index (κ1) is 12.2. The summed E-state index contributed by atoms with van der Waals surface area (Å²) in [6.45, 7) is 11.0. The van der Waals surface area contributed by atoms with Gasteiger partial charge in [0.2, 0.25) is 0 Å². The second kappa shape index (κ2) is 4.46. The molecule has 0 aromatic rings. The molecule has 0 heterocycles. The van der Waals surface area contributed by atoms with Crippen LogP contribution in [-0.4, -0.2) is 34.6 Å². The average Bonchev–Trinajstić information content (AvgIpc) is 2.03. The number of hydrogen-bond donors (Lipinski definition) is 1. The number of rotatable bonds is 2. The Labute approximate surface area is 80.7 Å². The Hall–Kier alpha value is -0.770. The first-order chi connectivity index (χ1) is 5.84. The molecular formula is C9H21N3O. The summed E-state index contributed by atoms with van der Waals surface area (Å²) in [5.41, 5.74) is -0.320. The zero-order valence-electron chi connectivity index (χ0n) is 9.29. The number of nitrogens with zero attached hydrogens (tertiary/aromatic N) is 2. The molecule has 4 heteroatoms. The van der Waals surface area contributed by atoms with Crippen molar-refractivity contribution in [2.75, 3.05) is 13.1 Å². The van der Waals surface area contributed by atoms with E-state index in [9.17, 15) is 4.79 Å². The molecule has 2 N–H and O–H groups in total. The maximum Gasteiger partial charge on any atom is 0.334 e. The molecule has 0 atom stereocenters. The summed E-state index contributed by atoms with van der Waals surface area (Å²) in [6.07, 6.45) is 0. The minimum Gasteiger partial charge on any atom is -0.324 e. The van der Waals surface area contributed by atoms with Crippen molar-refractivity contribution >= 4 is 6.03 Å². The molecule has 0 unspecified atom stereocenters. The quantitative estimate of drug-likeness (QED) is 0.404. The van der Waals surface area contributed by atoms with Gasteiger partial charge in [0, 0.05) is 13.1 Å². The van der Waals surface area contributed by atoms with Gasteiger partial charge in [-0.3, -0.25) is 5.01 Å². The van der Waals surface area contributed by atoms with Gasteiger partial charge in [-0.05, 0) is 34.6 Å². The monoisotopic (exact) mass is 187 g/mol. The molecule has 0 aromatic carbocycles. The molecule has 13 heavy (non-hydrogen) atoms. The Kier molecular flexibility index (Phi) is 4.20. The van der Waals surface area contributed by atoms with E-state index < -0.39 is 0 Å². The van der Waals surface area contributed by atoms with E-state index >= 15 is 0 Å². The highest BCUT2D eigenvalue weighted by Crippen LogP contribution is 2.10. The van der Waals surface area contributed by atoms with Crippen LogP contribution in [0, 0.1) is 0 Å². The topological polar surface area (TPSA) is 49.6 Å². The summed E-state index contributed by atoms with van der Waals surface area (Å²) < 4.78 is 0. The number of nitrogens with two attached hydrogens (primary N) is 1. The molecule has 0 bridgehead atoms. The lowest BCUT2D eigenvalue weighted by Crippen LogP contribution is -2.55. The van der Waals surface area contributed by atoms with Crippen molar-refractivity contribution in [1.82, 2.24) is 9.91 Å². The van der Waals surface area contributed by atoms with Crippen LogP contribution in [0.15, 0.2) is 0 Å². The molecule has 0 radical (unpaired) electrons. The van der Waals surface area contributed by atoms with Crippen LogP contribution in [0.25, 0.3) is 0 Å². The van der Waals surface area contributed by atoms with Gasteiger partial charge in [-0.1, -0.05) is 0 Å². The maximum absolute atomic E-state index is 11.7. The number of carbonyl (C=O) groups is 1. The fourth-order valence-electron chi connectivity index (χ4n) is 0.933. The van der Waals surface area contributed by atoms with Crippen molar-refractivity contribution < 1.29 is 4.79 Å². The lowest BCUT2D eigenvalue weighted by Gasteiger charge is -2.34. The van der Waals surface area contributed by atoms with Crippen LogP contribution in [-0.2, 0) is 0 Å². The second-order valence-electron chi connectivity index (χ2n) is 4.00. The van der Waals surface area contributed by atoms with Crippen molar-refractivity contribution in [2.45, 2.75) is 40.2 Å². The van der Waals surface area contributed by atoms with E-state index in [0.717, 1.165) is 0 Å². The summed E-state index contributed by atoms with van der Waals surface area (Å²) in [7, 11) is 0. The van der Waals surface area contributed by atoms with E-state index in [0.29, 0.717) is 13.1 Å². The molecule has 0 fully saturated rings. The Morgan fingerprint density at radius 2 is 1.62 bits per heavy atom. The van der Waals surface area contributed by atoms with E-state index in [1.54, 1.807) is 4.90 Å². The summed E-state index contributed by atoms with van der Waals surface area (Å²) in [4.78, 5) is 13.4. The minimum atomic E-state index is -0.320. The van der Waals surface area contributed by atoms with E-state index in [1.807, 2.05) is 34.6 Å². The van der Waals surface area contributed by atoms with E-state index in [1.165, 1.54) is 5.01 Å². The Morgan fingerprint density at radius 1 is 1.23 bits per heavy atom. The van der Waals surface area contributed by atoms with Crippen LogP contribution in [0.2, 0.25) is 0 Å². The van der Waals surface area contributed by atoms with Crippen LogP contribution in [0.5, 0.6) is 0 Å². The fourth-order valence-corrected chi connectivity index (χ4v) is 0.933. The third kappa shape index (κ3) is 3.22. The zero-order chi connectivity index (χ0) is 10.6. The van der Waals surface area contributed by atoms with Crippen LogP contribution < -0.4 is 5.84 Å². The summed E-state index contributed by atoms with van der Waals surface area (Å²) in [6, 6.07) is -0.113. The molecule has 2 amide bonds. The van der Waals surface area contributed by atoms with Crippen molar-refractivity contribution in [2.24, 2.45) is 5.84 Å².